The maximum Gasteiger partial charge on any atom is 0.120 e. The molecule has 0 saturated heterocycles. The minimum absolute atomic E-state index is 0.426. The molecule has 25 heavy (non-hydrogen) atoms. The molecule has 2 aromatic rings. The van der Waals surface area contributed by atoms with Gasteiger partial charge in [0.15, 0.2) is 0 Å². The summed E-state index contributed by atoms with van der Waals surface area (Å²) in [5.74, 6) is 0.902. The van der Waals surface area contributed by atoms with Crippen molar-refractivity contribution < 1.29 is 4.74 Å². The predicted molar refractivity (Wildman–Crippen MR) is 108 cm³/mol. The number of fused-ring (bicyclic) bond motifs is 1. The quantitative estimate of drug-likeness (QED) is 0.668. The SMILES string of the molecule is CCOc1ccc2ncc(C)c(NC(C)CCCN(CC)CC)c2c1. The number of nitrogens with zero attached hydrogens (tertiary/aromatic N) is 2. The van der Waals surface area contributed by atoms with E-state index < -0.39 is 0 Å². The second-order valence-corrected chi connectivity index (χ2v) is 6.64. The van der Waals surface area contributed by atoms with Crippen LogP contribution in [0.5, 0.6) is 5.75 Å². The summed E-state index contributed by atoms with van der Waals surface area (Å²) in [6.07, 6.45) is 4.32. The Morgan fingerprint density at radius 2 is 1.96 bits per heavy atom. The Morgan fingerprint density at radius 1 is 1.20 bits per heavy atom. The first kappa shape index (κ1) is 19.5. The van der Waals surface area contributed by atoms with E-state index in [0.717, 1.165) is 36.2 Å². The van der Waals surface area contributed by atoms with Gasteiger partial charge >= 0.3 is 0 Å². The number of ether oxygens (including phenoxy) is 1. The summed E-state index contributed by atoms with van der Waals surface area (Å²) >= 11 is 0. The molecule has 4 heteroatoms. The molecule has 0 aliphatic rings. The summed E-state index contributed by atoms with van der Waals surface area (Å²) in [6, 6.07) is 6.56. The van der Waals surface area contributed by atoms with Gasteiger partial charge in [0.2, 0.25) is 0 Å². The van der Waals surface area contributed by atoms with E-state index >= 15 is 0 Å². The molecule has 1 aromatic heterocycles. The Kier molecular flexibility index (Phi) is 7.51. The van der Waals surface area contributed by atoms with Gasteiger partial charge in [-0.2, -0.15) is 0 Å². The maximum atomic E-state index is 5.67. The zero-order valence-electron chi connectivity index (χ0n) is 16.4. The first-order valence-corrected chi connectivity index (χ1v) is 9.60. The highest BCUT2D eigenvalue weighted by molar-refractivity contribution is 5.93. The molecule has 1 atom stereocenters. The van der Waals surface area contributed by atoms with Crippen molar-refractivity contribution in [2.75, 3.05) is 31.6 Å². The fourth-order valence-electron chi connectivity index (χ4n) is 3.20. The molecule has 0 spiro atoms. The summed E-state index contributed by atoms with van der Waals surface area (Å²) in [6.45, 7) is 15.0. The van der Waals surface area contributed by atoms with Crippen LogP contribution in [0.25, 0.3) is 10.9 Å². The van der Waals surface area contributed by atoms with E-state index in [1.54, 1.807) is 0 Å². The Hall–Kier alpha value is -1.81. The molecule has 1 N–H and O–H groups in total. The lowest BCUT2D eigenvalue weighted by molar-refractivity contribution is 0.295. The van der Waals surface area contributed by atoms with Gasteiger partial charge in [-0.15, -0.1) is 0 Å². The number of pyridine rings is 1. The zero-order chi connectivity index (χ0) is 18.2. The molecule has 0 fully saturated rings. The molecule has 1 aromatic carbocycles. The first-order chi connectivity index (χ1) is 12.1. The van der Waals surface area contributed by atoms with Gasteiger partial charge in [-0.05, 0) is 77.0 Å². The average Bonchev–Trinajstić information content (AvgIpc) is 2.61. The van der Waals surface area contributed by atoms with Crippen LogP contribution < -0.4 is 10.1 Å². The molecule has 1 unspecified atom stereocenters. The lowest BCUT2D eigenvalue weighted by atomic mass is 10.1. The standard InChI is InChI=1S/C21H33N3O/c1-6-24(7-2)13-9-10-17(5)23-21-16(4)15-22-20-12-11-18(25-8-3)14-19(20)21/h11-12,14-15,17H,6-10,13H2,1-5H3,(H,22,23). The van der Waals surface area contributed by atoms with Crippen molar-refractivity contribution in [2.45, 2.75) is 53.5 Å². The highest BCUT2D eigenvalue weighted by atomic mass is 16.5. The Bertz CT molecular complexity index is 667. The van der Waals surface area contributed by atoms with Crippen LogP contribution in [0.1, 0.15) is 46.1 Å². The molecule has 0 bridgehead atoms. The van der Waals surface area contributed by atoms with Crippen LogP contribution >= 0.6 is 0 Å². The van der Waals surface area contributed by atoms with Gasteiger partial charge in [0.05, 0.1) is 12.1 Å². The van der Waals surface area contributed by atoms with Gasteiger partial charge < -0.3 is 15.0 Å². The van der Waals surface area contributed by atoms with Gasteiger partial charge in [-0.25, -0.2) is 0 Å². The van der Waals surface area contributed by atoms with Crippen molar-refractivity contribution in [1.82, 2.24) is 9.88 Å². The second kappa shape index (κ2) is 9.62. The molecule has 0 amide bonds. The van der Waals surface area contributed by atoms with E-state index in [1.807, 2.05) is 25.3 Å². The number of nitrogens with one attached hydrogen (secondary N) is 1. The van der Waals surface area contributed by atoms with Crippen molar-refractivity contribution in [2.24, 2.45) is 0 Å². The van der Waals surface area contributed by atoms with Crippen LogP contribution in [0.3, 0.4) is 0 Å². The zero-order valence-corrected chi connectivity index (χ0v) is 16.4. The fraction of sp³-hybridized carbons (Fsp3) is 0.571. The average molecular weight is 344 g/mol. The minimum Gasteiger partial charge on any atom is -0.494 e. The first-order valence-electron chi connectivity index (χ1n) is 9.60. The van der Waals surface area contributed by atoms with Gasteiger partial charge in [-0.3, -0.25) is 4.98 Å². The molecule has 0 saturated carbocycles. The predicted octanol–water partition coefficient (Wildman–Crippen LogP) is 4.86. The summed E-state index contributed by atoms with van der Waals surface area (Å²) in [5.41, 5.74) is 3.37. The molecule has 0 radical (unpaired) electrons. The van der Waals surface area contributed by atoms with Gasteiger partial charge in [-0.1, -0.05) is 13.8 Å². The number of aryl methyl sites for hydroxylation is 1. The van der Waals surface area contributed by atoms with Crippen LogP contribution in [0.15, 0.2) is 24.4 Å². The summed E-state index contributed by atoms with van der Waals surface area (Å²) in [5, 5.41) is 4.86. The van der Waals surface area contributed by atoms with E-state index in [1.165, 1.54) is 24.2 Å². The topological polar surface area (TPSA) is 37.4 Å². The second-order valence-electron chi connectivity index (χ2n) is 6.64. The Morgan fingerprint density at radius 3 is 2.64 bits per heavy atom. The maximum absolute atomic E-state index is 5.67. The fourth-order valence-corrected chi connectivity index (χ4v) is 3.20. The number of hydrogen-bond acceptors (Lipinski definition) is 4. The number of benzene rings is 1. The van der Waals surface area contributed by atoms with Crippen molar-refractivity contribution in [1.29, 1.82) is 0 Å². The normalized spacial score (nSPS) is 12.6. The van der Waals surface area contributed by atoms with Crippen LogP contribution in [0, 0.1) is 6.92 Å². The molecule has 4 nitrogen and oxygen atoms in total. The summed E-state index contributed by atoms with van der Waals surface area (Å²) < 4.78 is 5.67. The van der Waals surface area contributed by atoms with Gasteiger partial charge in [0.25, 0.3) is 0 Å². The van der Waals surface area contributed by atoms with Crippen molar-refractivity contribution in [3.05, 3.63) is 30.0 Å². The Labute approximate surface area is 152 Å². The lowest BCUT2D eigenvalue weighted by Crippen LogP contribution is -2.25. The van der Waals surface area contributed by atoms with E-state index in [2.05, 4.69) is 49.0 Å². The Balaban J connectivity index is 2.10. The highest BCUT2D eigenvalue weighted by Gasteiger charge is 2.11. The third-order valence-corrected chi connectivity index (χ3v) is 4.74. The molecular formula is C21H33N3O. The van der Waals surface area contributed by atoms with E-state index in [0.29, 0.717) is 12.6 Å². The molecule has 1 heterocycles. The molecule has 0 aliphatic heterocycles. The minimum atomic E-state index is 0.426. The largest absolute Gasteiger partial charge is 0.494 e. The van der Waals surface area contributed by atoms with Crippen LogP contribution in [0.2, 0.25) is 0 Å². The number of aromatic nitrogens is 1. The van der Waals surface area contributed by atoms with Crippen LogP contribution in [0.4, 0.5) is 5.69 Å². The molecule has 0 aliphatic carbocycles. The van der Waals surface area contributed by atoms with E-state index in [4.69, 9.17) is 4.74 Å². The van der Waals surface area contributed by atoms with Crippen molar-refractivity contribution in [3.63, 3.8) is 0 Å². The van der Waals surface area contributed by atoms with Gasteiger partial charge in [0.1, 0.15) is 5.75 Å². The van der Waals surface area contributed by atoms with Crippen molar-refractivity contribution >= 4 is 16.6 Å². The molecule has 2 rings (SSSR count). The number of rotatable bonds is 10. The van der Waals surface area contributed by atoms with Crippen molar-refractivity contribution in [3.8, 4) is 5.75 Å². The summed E-state index contributed by atoms with van der Waals surface area (Å²) in [7, 11) is 0. The summed E-state index contributed by atoms with van der Waals surface area (Å²) in [4.78, 5) is 7.04. The number of hydrogen-bond donors (Lipinski definition) is 1. The number of anilines is 1. The smallest absolute Gasteiger partial charge is 0.120 e. The molecule has 138 valence electrons. The third kappa shape index (κ3) is 5.33. The third-order valence-electron chi connectivity index (χ3n) is 4.74. The van der Waals surface area contributed by atoms with Crippen LogP contribution in [-0.4, -0.2) is 42.2 Å². The van der Waals surface area contributed by atoms with Gasteiger partial charge in [0, 0.05) is 23.3 Å². The van der Waals surface area contributed by atoms with E-state index in [9.17, 15) is 0 Å². The lowest BCUT2D eigenvalue weighted by Gasteiger charge is -2.21. The monoisotopic (exact) mass is 343 g/mol. The highest BCUT2D eigenvalue weighted by Crippen LogP contribution is 2.29. The molecular weight excluding hydrogens is 310 g/mol. The van der Waals surface area contributed by atoms with E-state index in [-0.39, 0.29) is 0 Å². The van der Waals surface area contributed by atoms with Crippen LogP contribution in [-0.2, 0) is 0 Å².